The zero-order valence-electron chi connectivity index (χ0n) is 15.5. The Bertz CT molecular complexity index is 900. The Labute approximate surface area is 162 Å². The molecule has 5 rings (SSSR count). The van der Waals surface area contributed by atoms with Gasteiger partial charge in [0.1, 0.15) is 18.0 Å². The lowest BCUT2D eigenvalue weighted by Crippen LogP contribution is -2.55. The number of rotatable bonds is 3. The topological polar surface area (TPSA) is 66.5 Å². The van der Waals surface area contributed by atoms with Crippen LogP contribution in [-0.2, 0) is 16.1 Å². The van der Waals surface area contributed by atoms with Crippen LogP contribution < -0.4 is 14.2 Å². The van der Waals surface area contributed by atoms with E-state index in [0.29, 0.717) is 19.6 Å². The first-order chi connectivity index (χ1) is 13.7. The average molecular weight is 383 g/mol. The first kappa shape index (κ1) is 17.2. The van der Waals surface area contributed by atoms with Crippen molar-refractivity contribution in [3.63, 3.8) is 0 Å². The molecule has 28 heavy (non-hydrogen) atoms. The lowest BCUT2D eigenvalue weighted by atomic mass is 9.88. The number of carbonyl (C=O) groups excluding carboxylic acids is 1. The zero-order chi connectivity index (χ0) is 19.1. The number of ether oxygens (including phenoxy) is 5. The molecular weight excluding hydrogens is 362 g/mol. The summed E-state index contributed by atoms with van der Waals surface area (Å²) in [4.78, 5) is 14.1. The number of benzene rings is 2. The Kier molecular flexibility index (Phi) is 4.24. The maximum Gasteiger partial charge on any atom is 0.410 e. The molecule has 146 valence electrons. The highest BCUT2D eigenvalue weighted by Crippen LogP contribution is 2.43. The number of amides is 1. The highest BCUT2D eigenvalue weighted by molar-refractivity contribution is 5.69. The van der Waals surface area contributed by atoms with Crippen molar-refractivity contribution < 1.29 is 28.5 Å². The second kappa shape index (κ2) is 6.91. The minimum atomic E-state index is -0.350. The van der Waals surface area contributed by atoms with Gasteiger partial charge < -0.3 is 23.7 Å². The van der Waals surface area contributed by atoms with Crippen LogP contribution in [0.3, 0.4) is 0 Å². The summed E-state index contributed by atoms with van der Waals surface area (Å²) in [6.45, 7) is 1.05. The van der Waals surface area contributed by atoms with E-state index in [0.717, 1.165) is 28.4 Å². The van der Waals surface area contributed by atoms with Gasteiger partial charge in [-0.25, -0.2) is 4.79 Å². The third-order valence-electron chi connectivity index (χ3n) is 5.49. The van der Waals surface area contributed by atoms with Crippen LogP contribution in [0.25, 0.3) is 0 Å². The van der Waals surface area contributed by atoms with Crippen molar-refractivity contribution in [3.8, 4) is 17.2 Å². The van der Waals surface area contributed by atoms with Gasteiger partial charge in [-0.3, -0.25) is 4.90 Å². The second-order valence-corrected chi connectivity index (χ2v) is 7.11. The van der Waals surface area contributed by atoms with Gasteiger partial charge >= 0.3 is 6.09 Å². The molecule has 0 saturated carbocycles. The molecule has 2 bridgehead atoms. The van der Waals surface area contributed by atoms with Crippen LogP contribution in [-0.4, -0.2) is 43.6 Å². The average Bonchev–Trinajstić information content (AvgIpc) is 3.20. The summed E-state index contributed by atoms with van der Waals surface area (Å²) in [6, 6.07) is 13.5. The van der Waals surface area contributed by atoms with Crippen LogP contribution >= 0.6 is 0 Å². The molecule has 2 aromatic rings. The van der Waals surface area contributed by atoms with Gasteiger partial charge in [-0.1, -0.05) is 24.3 Å². The quantitative estimate of drug-likeness (QED) is 0.811. The maximum absolute atomic E-state index is 12.4. The molecule has 0 aromatic heterocycles. The summed E-state index contributed by atoms with van der Waals surface area (Å²) in [5, 5.41) is 0. The van der Waals surface area contributed by atoms with E-state index in [4.69, 9.17) is 23.7 Å². The van der Waals surface area contributed by atoms with Gasteiger partial charge in [0.15, 0.2) is 11.5 Å². The van der Waals surface area contributed by atoms with Gasteiger partial charge in [0, 0.05) is 12.0 Å². The summed E-state index contributed by atoms with van der Waals surface area (Å²) in [6.07, 6.45) is -0.0430. The van der Waals surface area contributed by atoms with E-state index in [-0.39, 0.29) is 31.1 Å². The summed E-state index contributed by atoms with van der Waals surface area (Å²) < 4.78 is 28.2. The van der Waals surface area contributed by atoms with Gasteiger partial charge in [-0.2, -0.15) is 0 Å². The van der Waals surface area contributed by atoms with Crippen LogP contribution in [0.5, 0.6) is 17.2 Å². The number of hydrogen-bond acceptors (Lipinski definition) is 6. The molecule has 3 aliphatic heterocycles. The van der Waals surface area contributed by atoms with Gasteiger partial charge in [0.05, 0.1) is 26.3 Å². The van der Waals surface area contributed by atoms with Gasteiger partial charge in [-0.05, 0) is 23.8 Å². The number of likely N-dealkylation sites (tertiary alicyclic amines) is 1. The minimum Gasteiger partial charge on any atom is -0.487 e. The second-order valence-electron chi connectivity index (χ2n) is 7.11. The smallest absolute Gasteiger partial charge is 0.410 e. The van der Waals surface area contributed by atoms with Gasteiger partial charge in [0.2, 0.25) is 6.79 Å². The zero-order valence-corrected chi connectivity index (χ0v) is 15.5. The molecule has 1 amide bonds. The molecule has 1 fully saturated rings. The van der Waals surface area contributed by atoms with Crippen molar-refractivity contribution in [1.82, 2.24) is 4.90 Å². The Morgan fingerprint density at radius 2 is 2.00 bits per heavy atom. The first-order valence-corrected chi connectivity index (χ1v) is 9.33. The van der Waals surface area contributed by atoms with Crippen LogP contribution in [0, 0.1) is 0 Å². The van der Waals surface area contributed by atoms with E-state index in [1.54, 1.807) is 4.90 Å². The monoisotopic (exact) mass is 383 g/mol. The Hall–Kier alpha value is -2.93. The standard InChI is InChI=1S/C21H21NO6/c1-24-21(23)22-10-20(19-9-15(22)14-4-2-3-5-16(14)28-19)25-11-13-6-7-17-18(8-13)27-12-26-17/h2-8,15,19-20H,9-12H2,1H3/t15-,19-,20+/m1/s1. The number of fused-ring (bicyclic) bond motifs is 5. The first-order valence-electron chi connectivity index (χ1n) is 9.33. The maximum atomic E-state index is 12.4. The predicted octanol–water partition coefficient (Wildman–Crippen LogP) is 3.27. The Morgan fingerprint density at radius 1 is 1.14 bits per heavy atom. The number of carbonyl (C=O) groups is 1. The van der Waals surface area contributed by atoms with Gasteiger partial charge in [-0.15, -0.1) is 0 Å². The Balaban J connectivity index is 1.36. The van der Waals surface area contributed by atoms with Crippen molar-refractivity contribution in [2.24, 2.45) is 0 Å². The summed E-state index contributed by atoms with van der Waals surface area (Å²) in [5.74, 6) is 2.27. The molecule has 0 N–H and O–H groups in total. The fourth-order valence-corrected chi connectivity index (χ4v) is 4.10. The predicted molar refractivity (Wildman–Crippen MR) is 98.5 cm³/mol. The van der Waals surface area contributed by atoms with Crippen molar-refractivity contribution in [3.05, 3.63) is 53.6 Å². The molecule has 3 atom stereocenters. The number of piperidine rings is 1. The number of para-hydroxylation sites is 1. The molecule has 3 aliphatic rings. The fraction of sp³-hybridized carbons (Fsp3) is 0.381. The molecule has 0 radical (unpaired) electrons. The van der Waals surface area contributed by atoms with E-state index in [2.05, 4.69) is 0 Å². The summed E-state index contributed by atoms with van der Waals surface area (Å²) in [5.41, 5.74) is 1.99. The molecule has 3 heterocycles. The van der Waals surface area contributed by atoms with E-state index in [1.807, 2.05) is 42.5 Å². The van der Waals surface area contributed by atoms with Crippen LogP contribution in [0.1, 0.15) is 23.6 Å². The number of nitrogens with zero attached hydrogens (tertiary/aromatic N) is 1. The van der Waals surface area contributed by atoms with Crippen molar-refractivity contribution in [1.29, 1.82) is 0 Å². The third-order valence-corrected chi connectivity index (χ3v) is 5.49. The molecule has 0 spiro atoms. The van der Waals surface area contributed by atoms with E-state index >= 15 is 0 Å². The lowest BCUT2D eigenvalue weighted by molar-refractivity contribution is -0.0977. The highest BCUT2D eigenvalue weighted by atomic mass is 16.7. The van der Waals surface area contributed by atoms with Gasteiger partial charge in [0.25, 0.3) is 0 Å². The molecule has 0 unspecified atom stereocenters. The third kappa shape index (κ3) is 2.92. The summed E-state index contributed by atoms with van der Waals surface area (Å²) >= 11 is 0. The van der Waals surface area contributed by atoms with Crippen molar-refractivity contribution in [2.75, 3.05) is 20.4 Å². The highest BCUT2D eigenvalue weighted by Gasteiger charge is 2.45. The molecule has 2 aromatic carbocycles. The van der Waals surface area contributed by atoms with E-state index < -0.39 is 0 Å². The molecule has 7 heteroatoms. The molecule has 7 nitrogen and oxygen atoms in total. The molecule has 0 aliphatic carbocycles. The van der Waals surface area contributed by atoms with Crippen molar-refractivity contribution >= 4 is 6.09 Å². The normalized spacial score (nSPS) is 24.3. The SMILES string of the molecule is COC(=O)N1C[C@H](OCc2ccc3c(c2)OCO3)[C@H]2C[C@@H]1c1ccccc1O2. The fourth-order valence-electron chi connectivity index (χ4n) is 4.10. The van der Waals surface area contributed by atoms with E-state index in [1.165, 1.54) is 7.11 Å². The summed E-state index contributed by atoms with van der Waals surface area (Å²) in [7, 11) is 1.40. The molecular formula is C21H21NO6. The van der Waals surface area contributed by atoms with Crippen LogP contribution in [0.2, 0.25) is 0 Å². The largest absolute Gasteiger partial charge is 0.487 e. The van der Waals surface area contributed by atoms with Crippen LogP contribution in [0.4, 0.5) is 4.79 Å². The lowest BCUT2D eigenvalue weighted by Gasteiger charge is -2.46. The molecule has 1 saturated heterocycles. The number of hydrogen-bond donors (Lipinski definition) is 0. The number of methoxy groups -OCH3 is 1. The van der Waals surface area contributed by atoms with Crippen molar-refractivity contribution in [2.45, 2.75) is 31.3 Å². The Morgan fingerprint density at radius 3 is 2.89 bits per heavy atom. The minimum absolute atomic E-state index is 0.0622. The van der Waals surface area contributed by atoms with Crippen LogP contribution in [0.15, 0.2) is 42.5 Å². The van der Waals surface area contributed by atoms with E-state index in [9.17, 15) is 4.79 Å².